The Hall–Kier alpha value is -1.38. The highest BCUT2D eigenvalue weighted by Crippen LogP contribution is 2.18. The molecule has 1 aromatic rings. The highest BCUT2D eigenvalue weighted by atomic mass is 19.1. The van der Waals surface area contributed by atoms with Gasteiger partial charge in [-0.3, -0.25) is 4.79 Å². The van der Waals surface area contributed by atoms with Gasteiger partial charge in [0, 0.05) is 5.56 Å². The molecule has 0 heterocycles. The lowest BCUT2D eigenvalue weighted by molar-refractivity contribution is -0.133. The SMILES string of the molecule is C[C@@H](OC=O)c1ccccc1F. The summed E-state index contributed by atoms with van der Waals surface area (Å²) in [6, 6.07) is 6.21. The first-order valence-corrected chi connectivity index (χ1v) is 3.59. The van der Waals surface area contributed by atoms with Crippen molar-refractivity contribution >= 4 is 6.47 Å². The summed E-state index contributed by atoms with van der Waals surface area (Å²) in [6.45, 7) is 1.93. The van der Waals surface area contributed by atoms with Crippen molar-refractivity contribution in [3.63, 3.8) is 0 Å². The van der Waals surface area contributed by atoms with E-state index in [1.54, 1.807) is 25.1 Å². The third-order valence-electron chi connectivity index (χ3n) is 1.60. The van der Waals surface area contributed by atoms with E-state index in [0.29, 0.717) is 12.0 Å². The van der Waals surface area contributed by atoms with Crippen molar-refractivity contribution in [3.8, 4) is 0 Å². The number of rotatable bonds is 3. The van der Waals surface area contributed by atoms with E-state index in [-0.39, 0.29) is 5.82 Å². The average molecular weight is 168 g/mol. The highest BCUT2D eigenvalue weighted by molar-refractivity contribution is 5.38. The summed E-state index contributed by atoms with van der Waals surface area (Å²) >= 11 is 0. The zero-order valence-electron chi connectivity index (χ0n) is 6.66. The van der Waals surface area contributed by atoms with Gasteiger partial charge >= 0.3 is 0 Å². The molecule has 0 aromatic heterocycles. The van der Waals surface area contributed by atoms with Crippen LogP contribution >= 0.6 is 0 Å². The Balaban J connectivity index is 2.86. The van der Waals surface area contributed by atoms with Crippen molar-refractivity contribution in [2.75, 3.05) is 0 Å². The molecule has 0 saturated carbocycles. The summed E-state index contributed by atoms with van der Waals surface area (Å²) in [6.07, 6.45) is -0.524. The van der Waals surface area contributed by atoms with Crippen LogP contribution in [0.3, 0.4) is 0 Å². The van der Waals surface area contributed by atoms with E-state index in [1.807, 2.05) is 0 Å². The lowest BCUT2D eigenvalue weighted by atomic mass is 10.1. The number of halogens is 1. The third-order valence-corrected chi connectivity index (χ3v) is 1.60. The van der Waals surface area contributed by atoms with Crippen LogP contribution in [0.1, 0.15) is 18.6 Å². The number of carbonyl (C=O) groups excluding carboxylic acids is 1. The average Bonchev–Trinajstić information content (AvgIpc) is 2.05. The van der Waals surface area contributed by atoms with Gasteiger partial charge in [0.1, 0.15) is 11.9 Å². The Morgan fingerprint density at radius 1 is 1.50 bits per heavy atom. The van der Waals surface area contributed by atoms with E-state index < -0.39 is 6.10 Å². The van der Waals surface area contributed by atoms with E-state index in [9.17, 15) is 9.18 Å². The second-order valence-corrected chi connectivity index (χ2v) is 2.40. The van der Waals surface area contributed by atoms with Gasteiger partial charge < -0.3 is 4.74 Å². The smallest absolute Gasteiger partial charge is 0.293 e. The molecular weight excluding hydrogens is 159 g/mol. The van der Waals surface area contributed by atoms with Gasteiger partial charge in [-0.25, -0.2) is 4.39 Å². The minimum absolute atomic E-state index is 0.317. The molecule has 12 heavy (non-hydrogen) atoms. The molecule has 0 aliphatic carbocycles. The quantitative estimate of drug-likeness (QED) is 0.646. The fourth-order valence-electron chi connectivity index (χ4n) is 0.961. The number of benzene rings is 1. The van der Waals surface area contributed by atoms with E-state index in [0.717, 1.165) is 0 Å². The van der Waals surface area contributed by atoms with Crippen LogP contribution < -0.4 is 0 Å². The molecule has 0 aliphatic rings. The van der Waals surface area contributed by atoms with Gasteiger partial charge in [-0.05, 0) is 13.0 Å². The number of ether oxygens (including phenoxy) is 1. The van der Waals surface area contributed by atoms with Gasteiger partial charge in [-0.1, -0.05) is 18.2 Å². The maximum atomic E-state index is 13.0. The van der Waals surface area contributed by atoms with Crippen molar-refractivity contribution in [2.24, 2.45) is 0 Å². The number of hydrogen-bond acceptors (Lipinski definition) is 2. The molecular formula is C9H9FO2. The molecule has 0 unspecified atom stereocenters. The molecule has 1 aromatic carbocycles. The fourth-order valence-corrected chi connectivity index (χ4v) is 0.961. The fraction of sp³-hybridized carbons (Fsp3) is 0.222. The monoisotopic (exact) mass is 168 g/mol. The third kappa shape index (κ3) is 1.81. The van der Waals surface area contributed by atoms with E-state index in [4.69, 9.17) is 0 Å². The molecule has 2 nitrogen and oxygen atoms in total. The zero-order chi connectivity index (χ0) is 8.97. The minimum Gasteiger partial charge on any atom is -0.460 e. The lowest BCUT2D eigenvalue weighted by Gasteiger charge is -2.09. The second-order valence-electron chi connectivity index (χ2n) is 2.40. The molecule has 0 aliphatic heterocycles. The van der Waals surface area contributed by atoms with Crippen molar-refractivity contribution in [1.82, 2.24) is 0 Å². The van der Waals surface area contributed by atoms with Crippen LogP contribution in [-0.4, -0.2) is 6.47 Å². The first kappa shape index (κ1) is 8.71. The molecule has 1 atom stereocenters. The highest BCUT2D eigenvalue weighted by Gasteiger charge is 2.09. The number of carbonyl (C=O) groups is 1. The Kier molecular flexibility index (Phi) is 2.80. The molecule has 0 N–H and O–H groups in total. The van der Waals surface area contributed by atoms with Crippen LogP contribution in [0.2, 0.25) is 0 Å². The lowest BCUT2D eigenvalue weighted by Crippen LogP contribution is -2.00. The van der Waals surface area contributed by atoms with Gasteiger partial charge in [-0.15, -0.1) is 0 Å². The maximum Gasteiger partial charge on any atom is 0.293 e. The summed E-state index contributed by atoms with van der Waals surface area (Å²) < 4.78 is 17.6. The molecule has 0 spiro atoms. The normalized spacial score (nSPS) is 12.2. The first-order valence-electron chi connectivity index (χ1n) is 3.59. The molecule has 0 bridgehead atoms. The summed E-state index contributed by atoms with van der Waals surface area (Å²) in [7, 11) is 0. The van der Waals surface area contributed by atoms with E-state index in [2.05, 4.69) is 4.74 Å². The van der Waals surface area contributed by atoms with Crippen molar-refractivity contribution in [1.29, 1.82) is 0 Å². The molecule has 3 heteroatoms. The van der Waals surface area contributed by atoms with Gasteiger partial charge in [-0.2, -0.15) is 0 Å². The molecule has 0 saturated heterocycles. The van der Waals surface area contributed by atoms with Crippen LogP contribution in [0.5, 0.6) is 0 Å². The largest absolute Gasteiger partial charge is 0.460 e. The first-order chi connectivity index (χ1) is 5.75. The summed E-state index contributed by atoms with van der Waals surface area (Å²) in [5.74, 6) is -0.355. The van der Waals surface area contributed by atoms with Crippen LogP contribution in [-0.2, 0) is 9.53 Å². The van der Waals surface area contributed by atoms with Crippen molar-refractivity contribution < 1.29 is 13.9 Å². The van der Waals surface area contributed by atoms with Gasteiger partial charge in [0.2, 0.25) is 0 Å². The Morgan fingerprint density at radius 3 is 2.75 bits per heavy atom. The van der Waals surface area contributed by atoms with Gasteiger partial charge in [0.15, 0.2) is 0 Å². The van der Waals surface area contributed by atoms with Crippen LogP contribution in [0.15, 0.2) is 24.3 Å². The van der Waals surface area contributed by atoms with Gasteiger partial charge in [0.25, 0.3) is 6.47 Å². The van der Waals surface area contributed by atoms with Crippen LogP contribution in [0.4, 0.5) is 4.39 Å². The predicted molar refractivity (Wildman–Crippen MR) is 42.0 cm³/mol. The Morgan fingerprint density at radius 2 is 2.17 bits per heavy atom. The van der Waals surface area contributed by atoms with Crippen molar-refractivity contribution in [3.05, 3.63) is 35.6 Å². The maximum absolute atomic E-state index is 13.0. The Labute approximate surface area is 70.0 Å². The van der Waals surface area contributed by atoms with Crippen LogP contribution in [0.25, 0.3) is 0 Å². The van der Waals surface area contributed by atoms with Crippen molar-refractivity contribution in [2.45, 2.75) is 13.0 Å². The topological polar surface area (TPSA) is 26.3 Å². The van der Waals surface area contributed by atoms with Gasteiger partial charge in [0.05, 0.1) is 0 Å². The second kappa shape index (κ2) is 3.85. The standard InChI is InChI=1S/C9H9FO2/c1-7(12-6-11)8-4-2-3-5-9(8)10/h2-7H,1H3/t7-/m1/s1. The van der Waals surface area contributed by atoms with Crippen LogP contribution in [0, 0.1) is 5.82 Å². The summed E-state index contributed by atoms with van der Waals surface area (Å²) in [5, 5.41) is 0. The molecule has 0 radical (unpaired) electrons. The summed E-state index contributed by atoms with van der Waals surface area (Å²) in [5.41, 5.74) is 0.393. The zero-order valence-corrected chi connectivity index (χ0v) is 6.66. The molecule has 0 fully saturated rings. The molecule has 0 amide bonds. The molecule has 1 rings (SSSR count). The summed E-state index contributed by atoms with van der Waals surface area (Å²) in [4.78, 5) is 9.96. The minimum atomic E-state index is -0.524. The molecule has 64 valence electrons. The van der Waals surface area contributed by atoms with E-state index in [1.165, 1.54) is 6.07 Å². The Bertz CT molecular complexity index is 273. The predicted octanol–water partition coefficient (Wildman–Crippen LogP) is 2.06. The number of hydrogen-bond donors (Lipinski definition) is 0. The van der Waals surface area contributed by atoms with E-state index >= 15 is 0 Å².